The molecule has 0 bridgehead atoms. The first-order chi connectivity index (χ1) is 12.7. The van der Waals surface area contributed by atoms with Gasteiger partial charge in [0.25, 0.3) is 5.91 Å². The molecule has 6 nitrogen and oxygen atoms in total. The van der Waals surface area contributed by atoms with E-state index in [4.69, 9.17) is 9.47 Å². The van der Waals surface area contributed by atoms with Gasteiger partial charge in [-0.25, -0.2) is 4.98 Å². The smallest absolute Gasteiger partial charge is 0.256 e. The van der Waals surface area contributed by atoms with Gasteiger partial charge >= 0.3 is 0 Å². The number of amides is 1. The molecule has 1 atom stereocenters. The molecule has 3 heterocycles. The van der Waals surface area contributed by atoms with Crippen LogP contribution in [-0.4, -0.2) is 30.3 Å². The number of aromatic nitrogens is 1. The molecule has 0 aliphatic carbocycles. The molecule has 1 fully saturated rings. The third-order valence-electron chi connectivity index (χ3n) is 5.05. The van der Waals surface area contributed by atoms with Gasteiger partial charge in [0.2, 0.25) is 6.79 Å². The summed E-state index contributed by atoms with van der Waals surface area (Å²) in [7, 11) is 0. The minimum Gasteiger partial charge on any atom is -0.454 e. The molecule has 0 radical (unpaired) electrons. The maximum atomic E-state index is 12.4. The van der Waals surface area contributed by atoms with Gasteiger partial charge < -0.3 is 19.7 Å². The van der Waals surface area contributed by atoms with Gasteiger partial charge in [-0.1, -0.05) is 6.92 Å². The van der Waals surface area contributed by atoms with E-state index in [2.05, 4.69) is 22.1 Å². The number of benzene rings is 1. The SMILES string of the molecule is CCC1CCCCN1c1ccc(NC(=O)c2ccc3c(c2)OCO3)nc1. The van der Waals surface area contributed by atoms with E-state index < -0.39 is 0 Å². The molecule has 0 spiro atoms. The Hall–Kier alpha value is -2.76. The average molecular weight is 353 g/mol. The second-order valence-corrected chi connectivity index (χ2v) is 6.68. The Morgan fingerprint density at radius 1 is 1.23 bits per heavy atom. The van der Waals surface area contributed by atoms with Crippen LogP contribution in [0.1, 0.15) is 43.0 Å². The summed E-state index contributed by atoms with van der Waals surface area (Å²) in [5.74, 6) is 1.59. The van der Waals surface area contributed by atoms with Crippen LogP contribution in [0.2, 0.25) is 0 Å². The Bertz CT molecular complexity index is 791. The summed E-state index contributed by atoms with van der Waals surface area (Å²) in [5.41, 5.74) is 1.64. The lowest BCUT2D eigenvalue weighted by molar-refractivity contribution is 0.102. The van der Waals surface area contributed by atoms with E-state index in [9.17, 15) is 4.79 Å². The molecular formula is C20H23N3O3. The monoisotopic (exact) mass is 353 g/mol. The lowest BCUT2D eigenvalue weighted by Crippen LogP contribution is -2.39. The maximum Gasteiger partial charge on any atom is 0.256 e. The van der Waals surface area contributed by atoms with Crippen LogP contribution in [0.4, 0.5) is 11.5 Å². The number of hydrogen-bond acceptors (Lipinski definition) is 5. The van der Waals surface area contributed by atoms with Gasteiger partial charge in [0.15, 0.2) is 11.5 Å². The molecule has 0 saturated carbocycles. The third kappa shape index (κ3) is 3.31. The van der Waals surface area contributed by atoms with Crippen molar-refractivity contribution < 1.29 is 14.3 Å². The quantitative estimate of drug-likeness (QED) is 0.905. The largest absolute Gasteiger partial charge is 0.454 e. The molecule has 1 aromatic heterocycles. The Morgan fingerprint density at radius 2 is 2.12 bits per heavy atom. The van der Waals surface area contributed by atoms with Crippen molar-refractivity contribution in [2.24, 2.45) is 0 Å². The zero-order valence-corrected chi connectivity index (χ0v) is 14.9. The van der Waals surface area contributed by atoms with Crippen molar-refractivity contribution in [2.75, 3.05) is 23.6 Å². The van der Waals surface area contributed by atoms with Crippen LogP contribution in [-0.2, 0) is 0 Å². The fourth-order valence-electron chi connectivity index (χ4n) is 3.62. The summed E-state index contributed by atoms with van der Waals surface area (Å²) in [5, 5.41) is 2.84. The topological polar surface area (TPSA) is 63.7 Å². The predicted octanol–water partition coefficient (Wildman–Crippen LogP) is 3.83. The lowest BCUT2D eigenvalue weighted by atomic mass is 9.99. The van der Waals surface area contributed by atoms with Crippen LogP contribution in [0, 0.1) is 0 Å². The van der Waals surface area contributed by atoms with Crippen LogP contribution in [0.5, 0.6) is 11.5 Å². The highest BCUT2D eigenvalue weighted by atomic mass is 16.7. The number of nitrogens with zero attached hydrogens (tertiary/aromatic N) is 2. The summed E-state index contributed by atoms with van der Waals surface area (Å²) in [6.07, 6.45) is 6.75. The van der Waals surface area contributed by atoms with E-state index in [-0.39, 0.29) is 12.7 Å². The van der Waals surface area contributed by atoms with Crippen molar-refractivity contribution in [2.45, 2.75) is 38.6 Å². The summed E-state index contributed by atoms with van der Waals surface area (Å²) < 4.78 is 10.6. The van der Waals surface area contributed by atoms with Crippen molar-refractivity contribution in [1.82, 2.24) is 4.98 Å². The Morgan fingerprint density at radius 3 is 2.92 bits per heavy atom. The Kier molecular flexibility index (Phi) is 4.65. The molecule has 4 rings (SSSR count). The number of carbonyl (C=O) groups is 1. The van der Waals surface area contributed by atoms with Crippen molar-refractivity contribution in [3.63, 3.8) is 0 Å². The summed E-state index contributed by atoms with van der Waals surface area (Å²) in [6.45, 7) is 3.50. The Labute approximate surface area is 153 Å². The van der Waals surface area contributed by atoms with Crippen LogP contribution in [0.3, 0.4) is 0 Å². The van der Waals surface area contributed by atoms with Gasteiger partial charge in [0.1, 0.15) is 5.82 Å². The number of pyridine rings is 1. The molecule has 6 heteroatoms. The van der Waals surface area contributed by atoms with Crippen molar-refractivity contribution >= 4 is 17.4 Å². The zero-order valence-electron chi connectivity index (χ0n) is 14.9. The van der Waals surface area contributed by atoms with E-state index in [1.807, 2.05) is 18.3 Å². The summed E-state index contributed by atoms with van der Waals surface area (Å²) >= 11 is 0. The highest BCUT2D eigenvalue weighted by molar-refractivity contribution is 6.04. The summed E-state index contributed by atoms with van der Waals surface area (Å²) in [6, 6.07) is 9.63. The molecule has 1 amide bonds. The molecule has 1 unspecified atom stereocenters. The van der Waals surface area contributed by atoms with Crippen molar-refractivity contribution in [3.05, 3.63) is 42.1 Å². The first-order valence-corrected chi connectivity index (χ1v) is 9.18. The zero-order chi connectivity index (χ0) is 17.9. The summed E-state index contributed by atoms with van der Waals surface area (Å²) in [4.78, 5) is 19.3. The van der Waals surface area contributed by atoms with E-state index in [1.54, 1.807) is 18.2 Å². The van der Waals surface area contributed by atoms with Crippen LogP contribution in [0.15, 0.2) is 36.5 Å². The fraction of sp³-hybridized carbons (Fsp3) is 0.400. The van der Waals surface area contributed by atoms with Gasteiger partial charge in [-0.05, 0) is 56.0 Å². The number of fused-ring (bicyclic) bond motifs is 1. The molecule has 136 valence electrons. The molecule has 1 N–H and O–H groups in total. The lowest BCUT2D eigenvalue weighted by Gasteiger charge is -2.37. The molecular weight excluding hydrogens is 330 g/mol. The van der Waals surface area contributed by atoms with E-state index >= 15 is 0 Å². The van der Waals surface area contributed by atoms with Gasteiger partial charge in [-0.2, -0.15) is 0 Å². The normalized spacial score (nSPS) is 18.7. The fourth-order valence-corrected chi connectivity index (χ4v) is 3.62. The molecule has 2 aromatic rings. The van der Waals surface area contributed by atoms with Gasteiger partial charge in [-0.3, -0.25) is 4.79 Å². The molecule has 2 aliphatic rings. The Balaban J connectivity index is 1.44. The molecule has 1 aromatic carbocycles. The maximum absolute atomic E-state index is 12.4. The standard InChI is InChI=1S/C20H23N3O3/c1-2-15-5-3-4-10-23(15)16-7-9-19(21-12-16)22-20(24)14-6-8-17-18(11-14)26-13-25-17/h6-9,11-12,15H,2-5,10,13H2,1H3,(H,21,22,24). The second-order valence-electron chi connectivity index (χ2n) is 6.68. The number of hydrogen-bond donors (Lipinski definition) is 1. The average Bonchev–Trinajstić information content (AvgIpc) is 3.16. The third-order valence-corrected chi connectivity index (χ3v) is 5.05. The number of anilines is 2. The van der Waals surface area contributed by atoms with Gasteiger partial charge in [0, 0.05) is 18.2 Å². The number of nitrogens with one attached hydrogen (secondary N) is 1. The highest BCUT2D eigenvalue weighted by Crippen LogP contribution is 2.32. The van der Waals surface area contributed by atoms with E-state index in [0.717, 1.165) is 18.7 Å². The number of piperidine rings is 1. The minimum absolute atomic E-state index is 0.193. The molecule has 2 aliphatic heterocycles. The molecule has 26 heavy (non-hydrogen) atoms. The second kappa shape index (κ2) is 7.23. The van der Waals surface area contributed by atoms with E-state index in [1.165, 1.54) is 19.3 Å². The minimum atomic E-state index is -0.215. The number of rotatable bonds is 4. The predicted molar refractivity (Wildman–Crippen MR) is 100 cm³/mol. The van der Waals surface area contributed by atoms with Crippen LogP contribution >= 0.6 is 0 Å². The van der Waals surface area contributed by atoms with E-state index in [0.29, 0.717) is 28.9 Å². The number of carbonyl (C=O) groups excluding carboxylic acids is 1. The van der Waals surface area contributed by atoms with Crippen LogP contribution in [0.25, 0.3) is 0 Å². The number of ether oxygens (including phenoxy) is 2. The first-order valence-electron chi connectivity index (χ1n) is 9.18. The van der Waals surface area contributed by atoms with Gasteiger partial charge in [-0.15, -0.1) is 0 Å². The van der Waals surface area contributed by atoms with Crippen molar-refractivity contribution in [1.29, 1.82) is 0 Å². The molecule has 1 saturated heterocycles. The first kappa shape index (κ1) is 16.7. The van der Waals surface area contributed by atoms with Gasteiger partial charge in [0.05, 0.1) is 11.9 Å². The van der Waals surface area contributed by atoms with Crippen LogP contribution < -0.4 is 19.7 Å². The van der Waals surface area contributed by atoms with Crippen molar-refractivity contribution in [3.8, 4) is 11.5 Å². The highest BCUT2D eigenvalue weighted by Gasteiger charge is 2.21.